The number of hydrogen-bond donors (Lipinski definition) is 3. The van der Waals surface area contributed by atoms with Gasteiger partial charge in [0, 0.05) is 0 Å². The van der Waals surface area contributed by atoms with Crippen LogP contribution in [0.4, 0.5) is 13.2 Å². The summed E-state index contributed by atoms with van der Waals surface area (Å²) in [5.74, 6) is -1.87. The second-order valence-corrected chi connectivity index (χ2v) is 3.11. The number of nitrogens with zero attached hydrogens (tertiary/aromatic N) is 3. The van der Waals surface area contributed by atoms with Gasteiger partial charge in [0.2, 0.25) is 5.69 Å². The standard InChI is InChI=1S/C7H8F3N3O4/c8-7(9,10)5-4(6(16)17)11-12-13(5)1-3(15)2-14/h3,14-15H,1-2H2,(H,16,17). The first-order valence-electron chi connectivity index (χ1n) is 4.30. The van der Waals surface area contributed by atoms with Crippen molar-refractivity contribution in [1.29, 1.82) is 0 Å². The third kappa shape index (κ3) is 2.91. The Balaban J connectivity index is 3.19. The molecule has 3 N–H and O–H groups in total. The van der Waals surface area contributed by atoms with Gasteiger partial charge in [-0.05, 0) is 0 Å². The molecule has 0 aliphatic rings. The zero-order chi connectivity index (χ0) is 13.2. The lowest BCUT2D eigenvalue weighted by Crippen LogP contribution is -2.25. The lowest BCUT2D eigenvalue weighted by Gasteiger charge is -2.12. The van der Waals surface area contributed by atoms with Crippen LogP contribution in [-0.2, 0) is 12.7 Å². The van der Waals surface area contributed by atoms with E-state index in [0.717, 1.165) is 0 Å². The lowest BCUT2D eigenvalue weighted by atomic mass is 10.3. The Bertz CT molecular complexity index is 417. The SMILES string of the molecule is O=C(O)c1nnn(CC(O)CO)c1C(F)(F)F. The molecule has 0 bridgehead atoms. The van der Waals surface area contributed by atoms with Crippen molar-refractivity contribution in [1.82, 2.24) is 15.0 Å². The van der Waals surface area contributed by atoms with Gasteiger partial charge in [0.05, 0.1) is 19.3 Å². The molecule has 1 rings (SSSR count). The van der Waals surface area contributed by atoms with Crippen molar-refractivity contribution in [2.75, 3.05) is 6.61 Å². The third-order valence-corrected chi connectivity index (χ3v) is 1.80. The fraction of sp³-hybridized carbons (Fsp3) is 0.571. The number of aliphatic hydroxyl groups excluding tert-OH is 2. The average molecular weight is 255 g/mol. The van der Waals surface area contributed by atoms with Crippen LogP contribution in [-0.4, -0.2) is 49.0 Å². The van der Waals surface area contributed by atoms with Gasteiger partial charge in [0.25, 0.3) is 0 Å². The molecule has 0 spiro atoms. The molecule has 0 aliphatic carbocycles. The molecule has 1 aromatic heterocycles. The highest BCUT2D eigenvalue weighted by molar-refractivity contribution is 5.86. The number of alkyl halides is 3. The summed E-state index contributed by atoms with van der Waals surface area (Å²) >= 11 is 0. The minimum absolute atomic E-state index is 0.199. The molecule has 0 saturated carbocycles. The van der Waals surface area contributed by atoms with E-state index in [1.54, 1.807) is 0 Å². The molecule has 17 heavy (non-hydrogen) atoms. The van der Waals surface area contributed by atoms with Crippen LogP contribution >= 0.6 is 0 Å². The van der Waals surface area contributed by atoms with Crippen LogP contribution in [0.2, 0.25) is 0 Å². The maximum absolute atomic E-state index is 12.5. The van der Waals surface area contributed by atoms with Gasteiger partial charge in [-0.1, -0.05) is 5.21 Å². The fourth-order valence-corrected chi connectivity index (χ4v) is 1.12. The molecular weight excluding hydrogens is 247 g/mol. The first-order valence-corrected chi connectivity index (χ1v) is 4.30. The Morgan fingerprint density at radius 2 is 2.06 bits per heavy atom. The number of aromatic nitrogens is 3. The van der Waals surface area contributed by atoms with Gasteiger partial charge >= 0.3 is 12.1 Å². The number of carboxylic acids is 1. The Hall–Kier alpha value is -1.68. The van der Waals surface area contributed by atoms with E-state index in [9.17, 15) is 18.0 Å². The fourth-order valence-electron chi connectivity index (χ4n) is 1.12. The summed E-state index contributed by atoms with van der Waals surface area (Å²) in [4.78, 5) is 10.5. The number of hydrogen-bond acceptors (Lipinski definition) is 5. The van der Waals surface area contributed by atoms with Crippen LogP contribution in [0.3, 0.4) is 0 Å². The van der Waals surface area contributed by atoms with Crippen LogP contribution in [0.5, 0.6) is 0 Å². The van der Waals surface area contributed by atoms with Gasteiger partial charge in [0.15, 0.2) is 5.69 Å². The summed E-state index contributed by atoms with van der Waals surface area (Å²) in [6.45, 7) is -1.48. The van der Waals surface area contributed by atoms with Crippen molar-refractivity contribution >= 4 is 5.97 Å². The summed E-state index contributed by atoms with van der Waals surface area (Å²) in [5.41, 5.74) is -2.82. The molecule has 1 aromatic rings. The number of carbonyl (C=O) groups is 1. The van der Waals surface area contributed by atoms with Gasteiger partial charge in [0.1, 0.15) is 0 Å². The van der Waals surface area contributed by atoms with Crippen molar-refractivity contribution < 1.29 is 33.3 Å². The molecule has 0 radical (unpaired) electrons. The van der Waals surface area contributed by atoms with Crippen molar-refractivity contribution in [3.05, 3.63) is 11.4 Å². The zero-order valence-corrected chi connectivity index (χ0v) is 8.22. The summed E-state index contributed by atoms with van der Waals surface area (Å²) in [6.07, 6.45) is -6.45. The predicted molar refractivity (Wildman–Crippen MR) is 45.1 cm³/mol. The third-order valence-electron chi connectivity index (χ3n) is 1.80. The second kappa shape index (κ2) is 4.67. The summed E-state index contributed by atoms with van der Waals surface area (Å²) in [7, 11) is 0. The van der Waals surface area contributed by atoms with E-state index < -0.39 is 42.8 Å². The first-order chi connectivity index (χ1) is 7.77. The molecule has 96 valence electrons. The predicted octanol–water partition coefficient (Wildman–Crippen LogP) is -0.652. The smallest absolute Gasteiger partial charge is 0.435 e. The zero-order valence-electron chi connectivity index (χ0n) is 8.22. The molecule has 0 aromatic carbocycles. The molecule has 1 atom stereocenters. The molecule has 7 nitrogen and oxygen atoms in total. The molecule has 1 heterocycles. The van der Waals surface area contributed by atoms with Gasteiger partial charge in [-0.25, -0.2) is 9.48 Å². The maximum Gasteiger partial charge on any atom is 0.435 e. The van der Waals surface area contributed by atoms with Crippen LogP contribution in [0.25, 0.3) is 0 Å². The summed E-state index contributed by atoms with van der Waals surface area (Å²) in [6, 6.07) is 0. The second-order valence-electron chi connectivity index (χ2n) is 3.11. The van der Waals surface area contributed by atoms with Crippen LogP contribution in [0.1, 0.15) is 16.2 Å². The van der Waals surface area contributed by atoms with E-state index in [1.165, 1.54) is 0 Å². The Kier molecular flexibility index (Phi) is 3.68. The quantitative estimate of drug-likeness (QED) is 0.659. The van der Waals surface area contributed by atoms with Crippen molar-refractivity contribution in [2.45, 2.75) is 18.8 Å². The van der Waals surface area contributed by atoms with Crippen molar-refractivity contribution in [2.24, 2.45) is 0 Å². The average Bonchev–Trinajstić information content (AvgIpc) is 2.60. The number of rotatable bonds is 4. The number of halogens is 3. The van der Waals surface area contributed by atoms with E-state index in [2.05, 4.69) is 10.3 Å². The largest absolute Gasteiger partial charge is 0.476 e. The topological polar surface area (TPSA) is 108 Å². The number of aromatic carboxylic acids is 1. The Morgan fingerprint density at radius 3 is 2.47 bits per heavy atom. The Morgan fingerprint density at radius 1 is 1.47 bits per heavy atom. The normalized spacial score (nSPS) is 13.7. The van der Waals surface area contributed by atoms with Gasteiger partial charge < -0.3 is 15.3 Å². The molecule has 0 saturated heterocycles. The van der Waals surface area contributed by atoms with Crippen LogP contribution < -0.4 is 0 Å². The molecular formula is C7H8F3N3O4. The van der Waals surface area contributed by atoms with Gasteiger partial charge in [-0.2, -0.15) is 13.2 Å². The highest BCUT2D eigenvalue weighted by atomic mass is 19.4. The first kappa shape index (κ1) is 13.4. The van der Waals surface area contributed by atoms with E-state index >= 15 is 0 Å². The highest BCUT2D eigenvalue weighted by Crippen LogP contribution is 2.31. The van der Waals surface area contributed by atoms with E-state index in [1.807, 2.05) is 0 Å². The molecule has 0 fully saturated rings. The minimum Gasteiger partial charge on any atom is -0.476 e. The molecule has 10 heteroatoms. The Labute approximate surface area is 92.1 Å². The lowest BCUT2D eigenvalue weighted by molar-refractivity contribution is -0.145. The number of aliphatic hydroxyl groups is 2. The van der Waals surface area contributed by atoms with E-state index in [0.29, 0.717) is 0 Å². The van der Waals surface area contributed by atoms with E-state index in [-0.39, 0.29) is 4.68 Å². The number of carboxylic acid groups (broad SMARTS) is 1. The minimum atomic E-state index is -4.97. The van der Waals surface area contributed by atoms with Crippen molar-refractivity contribution in [3.63, 3.8) is 0 Å². The van der Waals surface area contributed by atoms with Gasteiger partial charge in [-0.3, -0.25) is 0 Å². The summed E-state index contributed by atoms with van der Waals surface area (Å²) in [5, 5.41) is 31.9. The van der Waals surface area contributed by atoms with Crippen molar-refractivity contribution in [3.8, 4) is 0 Å². The van der Waals surface area contributed by atoms with Crippen LogP contribution in [0.15, 0.2) is 0 Å². The maximum atomic E-state index is 12.5. The monoisotopic (exact) mass is 255 g/mol. The molecule has 0 aliphatic heterocycles. The summed E-state index contributed by atoms with van der Waals surface area (Å²) < 4.78 is 37.8. The van der Waals surface area contributed by atoms with Crippen LogP contribution in [0, 0.1) is 0 Å². The van der Waals surface area contributed by atoms with Gasteiger partial charge in [-0.15, -0.1) is 5.10 Å². The molecule has 1 unspecified atom stereocenters. The highest BCUT2D eigenvalue weighted by Gasteiger charge is 2.41. The molecule has 0 amide bonds. The van der Waals surface area contributed by atoms with E-state index in [4.69, 9.17) is 15.3 Å².